The van der Waals surface area contributed by atoms with Crippen molar-refractivity contribution in [2.75, 3.05) is 6.54 Å². The van der Waals surface area contributed by atoms with Gasteiger partial charge in [0.2, 0.25) is 6.08 Å². The molecule has 0 aromatic carbocycles. The van der Waals surface area contributed by atoms with Gasteiger partial charge in [0.1, 0.15) is 0 Å². The third-order valence-corrected chi connectivity index (χ3v) is 1.21. The second kappa shape index (κ2) is 5.57. The summed E-state index contributed by atoms with van der Waals surface area (Å²) in [5, 5.41) is 0. The van der Waals surface area contributed by atoms with E-state index in [2.05, 4.69) is 11.6 Å². The van der Waals surface area contributed by atoms with E-state index in [1.165, 1.54) is 6.08 Å². The minimum absolute atomic E-state index is 0.0334. The summed E-state index contributed by atoms with van der Waals surface area (Å²) in [7, 11) is 0. The van der Waals surface area contributed by atoms with Crippen LogP contribution in [0, 0.1) is 0 Å². The first-order valence-corrected chi connectivity index (χ1v) is 3.41. The Morgan fingerprint density at radius 3 is 2.73 bits per heavy atom. The number of nitrogens with zero attached hydrogens (tertiary/aromatic N) is 1. The maximum atomic E-state index is 10.9. The first-order valence-electron chi connectivity index (χ1n) is 3.41. The number of carbonyl (C=O) groups is 1. The van der Waals surface area contributed by atoms with Crippen molar-refractivity contribution in [1.82, 2.24) is 0 Å². The van der Waals surface area contributed by atoms with Gasteiger partial charge < -0.3 is 0 Å². The standard InChI is InChI=1S/C8H11NO2/c1-7(2)8(11)4-3-5-9-6-10/h1,3-5H2,2H3. The second-order valence-electron chi connectivity index (χ2n) is 2.28. The molecule has 0 unspecified atom stereocenters. The van der Waals surface area contributed by atoms with E-state index in [0.717, 1.165) is 0 Å². The molecule has 0 heterocycles. The highest BCUT2D eigenvalue weighted by molar-refractivity contribution is 5.93. The summed E-state index contributed by atoms with van der Waals surface area (Å²) in [5.41, 5.74) is 0.556. The molecular weight excluding hydrogens is 142 g/mol. The average Bonchev–Trinajstić information content (AvgIpc) is 1.97. The van der Waals surface area contributed by atoms with Gasteiger partial charge in [0.25, 0.3) is 0 Å². The van der Waals surface area contributed by atoms with Crippen molar-refractivity contribution < 1.29 is 9.59 Å². The zero-order valence-electron chi connectivity index (χ0n) is 6.59. The minimum atomic E-state index is 0.0334. The smallest absolute Gasteiger partial charge is 0.234 e. The molecule has 0 saturated heterocycles. The lowest BCUT2D eigenvalue weighted by molar-refractivity contribution is -0.115. The number of Topliss-reactive ketones (excluding diaryl/α,β-unsaturated/α-hetero) is 1. The Kier molecular flexibility index (Phi) is 4.95. The summed E-state index contributed by atoms with van der Waals surface area (Å²) in [6.07, 6.45) is 2.43. The predicted molar refractivity (Wildman–Crippen MR) is 42.0 cm³/mol. The van der Waals surface area contributed by atoms with E-state index in [9.17, 15) is 9.59 Å². The molecule has 60 valence electrons. The van der Waals surface area contributed by atoms with Gasteiger partial charge in [0, 0.05) is 6.42 Å². The molecule has 0 aliphatic rings. The Morgan fingerprint density at radius 1 is 1.64 bits per heavy atom. The van der Waals surface area contributed by atoms with Gasteiger partial charge in [-0.05, 0) is 18.9 Å². The molecular formula is C8H11NO2. The van der Waals surface area contributed by atoms with Gasteiger partial charge in [0.15, 0.2) is 5.78 Å². The second-order valence-corrected chi connectivity index (χ2v) is 2.28. The van der Waals surface area contributed by atoms with E-state index in [1.54, 1.807) is 6.92 Å². The summed E-state index contributed by atoms with van der Waals surface area (Å²) in [6.45, 7) is 5.55. The van der Waals surface area contributed by atoms with Gasteiger partial charge in [-0.2, -0.15) is 0 Å². The van der Waals surface area contributed by atoms with Crippen molar-refractivity contribution in [3.8, 4) is 0 Å². The third-order valence-electron chi connectivity index (χ3n) is 1.21. The fraction of sp³-hybridized carbons (Fsp3) is 0.500. The zero-order chi connectivity index (χ0) is 8.69. The topological polar surface area (TPSA) is 46.5 Å². The molecule has 0 N–H and O–H groups in total. The van der Waals surface area contributed by atoms with Crippen LogP contribution in [0.25, 0.3) is 0 Å². The largest absolute Gasteiger partial charge is 0.295 e. The summed E-state index contributed by atoms with van der Waals surface area (Å²) in [6, 6.07) is 0. The minimum Gasteiger partial charge on any atom is -0.295 e. The lowest BCUT2D eigenvalue weighted by Crippen LogP contribution is -1.98. The molecule has 0 aromatic heterocycles. The van der Waals surface area contributed by atoms with E-state index in [4.69, 9.17) is 0 Å². The molecule has 0 bridgehead atoms. The molecule has 0 aliphatic heterocycles. The molecule has 3 nitrogen and oxygen atoms in total. The fourth-order valence-electron chi connectivity index (χ4n) is 0.578. The number of aliphatic imine (C=N–C) groups is 1. The SMILES string of the molecule is C=C(C)C(=O)CCCN=C=O. The number of isocyanates is 1. The Hall–Kier alpha value is -1.21. The highest BCUT2D eigenvalue weighted by Crippen LogP contribution is 1.98. The Bertz CT molecular complexity index is 202. The maximum absolute atomic E-state index is 10.9. The van der Waals surface area contributed by atoms with E-state index in [1.807, 2.05) is 0 Å². The summed E-state index contributed by atoms with van der Waals surface area (Å²) < 4.78 is 0. The number of rotatable bonds is 5. The molecule has 0 fully saturated rings. The van der Waals surface area contributed by atoms with Crippen LogP contribution in [0.1, 0.15) is 19.8 Å². The monoisotopic (exact) mass is 153 g/mol. The Balaban J connectivity index is 3.47. The van der Waals surface area contributed by atoms with E-state index in [-0.39, 0.29) is 5.78 Å². The van der Waals surface area contributed by atoms with E-state index in [0.29, 0.717) is 25.0 Å². The normalized spacial score (nSPS) is 8.45. The van der Waals surface area contributed by atoms with Gasteiger partial charge in [-0.1, -0.05) is 6.58 Å². The van der Waals surface area contributed by atoms with Gasteiger partial charge in [-0.25, -0.2) is 9.79 Å². The summed E-state index contributed by atoms with van der Waals surface area (Å²) in [4.78, 5) is 23.8. The van der Waals surface area contributed by atoms with E-state index < -0.39 is 0 Å². The number of carbonyl (C=O) groups excluding carboxylic acids is 2. The van der Waals surface area contributed by atoms with Crippen molar-refractivity contribution >= 4 is 11.9 Å². The van der Waals surface area contributed by atoms with Gasteiger partial charge >= 0.3 is 0 Å². The molecule has 11 heavy (non-hydrogen) atoms. The first kappa shape index (κ1) is 9.79. The number of hydrogen-bond donors (Lipinski definition) is 0. The molecule has 0 spiro atoms. The molecule has 0 aromatic rings. The van der Waals surface area contributed by atoms with Crippen LogP contribution in [0.15, 0.2) is 17.1 Å². The first-order chi connectivity index (χ1) is 5.18. The zero-order valence-corrected chi connectivity index (χ0v) is 6.59. The van der Waals surface area contributed by atoms with Crippen molar-refractivity contribution in [3.05, 3.63) is 12.2 Å². The van der Waals surface area contributed by atoms with Crippen LogP contribution in [-0.4, -0.2) is 18.4 Å². The number of hydrogen-bond acceptors (Lipinski definition) is 3. The number of ketones is 1. The van der Waals surface area contributed by atoms with E-state index >= 15 is 0 Å². The van der Waals surface area contributed by atoms with Crippen molar-refractivity contribution in [2.24, 2.45) is 4.99 Å². The fourth-order valence-corrected chi connectivity index (χ4v) is 0.578. The van der Waals surface area contributed by atoms with Crippen LogP contribution < -0.4 is 0 Å². The molecule has 3 heteroatoms. The molecule has 0 rings (SSSR count). The van der Waals surface area contributed by atoms with Crippen LogP contribution in [-0.2, 0) is 9.59 Å². The van der Waals surface area contributed by atoms with Gasteiger partial charge in [0.05, 0.1) is 6.54 Å². The Morgan fingerprint density at radius 2 is 2.27 bits per heavy atom. The van der Waals surface area contributed by atoms with Crippen molar-refractivity contribution in [3.63, 3.8) is 0 Å². The van der Waals surface area contributed by atoms with Crippen LogP contribution in [0.5, 0.6) is 0 Å². The van der Waals surface area contributed by atoms with Crippen LogP contribution in [0.2, 0.25) is 0 Å². The molecule has 0 radical (unpaired) electrons. The van der Waals surface area contributed by atoms with Gasteiger partial charge in [-0.3, -0.25) is 4.79 Å². The quantitative estimate of drug-likeness (QED) is 0.258. The summed E-state index contributed by atoms with van der Waals surface area (Å²) >= 11 is 0. The molecule has 0 aliphatic carbocycles. The lowest BCUT2D eigenvalue weighted by atomic mass is 10.1. The third kappa shape index (κ3) is 5.25. The van der Waals surface area contributed by atoms with Crippen LogP contribution in [0.4, 0.5) is 0 Å². The maximum Gasteiger partial charge on any atom is 0.234 e. The predicted octanol–water partition coefficient (Wildman–Crippen LogP) is 1.25. The van der Waals surface area contributed by atoms with Crippen molar-refractivity contribution in [2.45, 2.75) is 19.8 Å². The number of allylic oxidation sites excluding steroid dienone is 1. The highest BCUT2D eigenvalue weighted by Gasteiger charge is 1.99. The molecule has 0 saturated carbocycles. The van der Waals surface area contributed by atoms with Crippen LogP contribution >= 0.6 is 0 Å². The highest BCUT2D eigenvalue weighted by atomic mass is 16.1. The van der Waals surface area contributed by atoms with Crippen molar-refractivity contribution in [1.29, 1.82) is 0 Å². The lowest BCUT2D eigenvalue weighted by Gasteiger charge is -1.94. The molecule has 0 atom stereocenters. The van der Waals surface area contributed by atoms with Crippen LogP contribution in [0.3, 0.4) is 0 Å². The van der Waals surface area contributed by atoms with Gasteiger partial charge in [-0.15, -0.1) is 0 Å². The Labute approximate surface area is 65.8 Å². The average molecular weight is 153 g/mol. The summed E-state index contributed by atoms with van der Waals surface area (Å²) in [5.74, 6) is 0.0334. The molecule has 0 amide bonds.